The molecule has 1 heterocycles. The minimum absolute atomic E-state index is 0.150. The van der Waals surface area contributed by atoms with E-state index in [0.717, 1.165) is 10.6 Å². The number of hydrogen-bond acceptors (Lipinski definition) is 5. The van der Waals surface area contributed by atoms with E-state index in [1.54, 1.807) is 0 Å². The van der Waals surface area contributed by atoms with Crippen LogP contribution in [0.3, 0.4) is 0 Å². The van der Waals surface area contributed by atoms with Crippen molar-refractivity contribution in [2.45, 2.75) is 0 Å². The van der Waals surface area contributed by atoms with Gasteiger partial charge in [-0.1, -0.05) is 60.7 Å². The zero-order valence-electron chi connectivity index (χ0n) is 11.2. The summed E-state index contributed by atoms with van der Waals surface area (Å²) in [5.41, 5.74) is 12.1. The quantitative estimate of drug-likeness (QED) is 0.697. The van der Waals surface area contributed by atoms with E-state index >= 15 is 0 Å². The predicted molar refractivity (Wildman–Crippen MR) is 87.4 cm³/mol. The molecule has 0 amide bonds. The van der Waals surface area contributed by atoms with Gasteiger partial charge in [-0.3, -0.25) is 0 Å². The number of nitrogens with zero attached hydrogens (tertiary/aromatic N) is 3. The Bertz CT molecular complexity index is 674. The molecular formula is C15H14N5P. The van der Waals surface area contributed by atoms with Crippen LogP contribution in [0.15, 0.2) is 60.7 Å². The topological polar surface area (TPSA) is 90.7 Å². The van der Waals surface area contributed by atoms with Crippen LogP contribution in [0, 0.1) is 0 Å². The molecule has 0 bridgehead atoms. The molecule has 0 spiro atoms. The Hall–Kier alpha value is -2.52. The van der Waals surface area contributed by atoms with Gasteiger partial charge in [-0.25, -0.2) is 0 Å². The molecule has 0 aliphatic heterocycles. The molecule has 0 saturated carbocycles. The van der Waals surface area contributed by atoms with E-state index in [9.17, 15) is 0 Å². The summed E-state index contributed by atoms with van der Waals surface area (Å²) < 4.78 is 0. The Labute approximate surface area is 123 Å². The standard InChI is InChI=1S/C15H14N5P/c16-13-18-14(17)20-15(19-13)21(11-7-3-1-4-8-11)12-9-5-2-6-10-12/h1-10H,(H4,16,17,18,19,20). The highest BCUT2D eigenvalue weighted by Gasteiger charge is 2.20. The molecule has 6 heteroatoms. The van der Waals surface area contributed by atoms with Gasteiger partial charge in [-0.05, 0) is 10.6 Å². The number of aromatic nitrogens is 3. The molecule has 5 nitrogen and oxygen atoms in total. The van der Waals surface area contributed by atoms with Gasteiger partial charge in [0, 0.05) is 7.92 Å². The Morgan fingerprint density at radius 3 is 1.48 bits per heavy atom. The molecule has 0 radical (unpaired) electrons. The summed E-state index contributed by atoms with van der Waals surface area (Å²) in [5, 5.41) is 2.28. The lowest BCUT2D eigenvalue weighted by Crippen LogP contribution is -2.27. The third kappa shape index (κ3) is 2.98. The fourth-order valence-corrected chi connectivity index (χ4v) is 4.14. The minimum atomic E-state index is -0.901. The maximum atomic E-state index is 5.72. The maximum absolute atomic E-state index is 5.72. The number of anilines is 2. The highest BCUT2D eigenvalue weighted by atomic mass is 31.1. The lowest BCUT2D eigenvalue weighted by atomic mass is 10.4. The monoisotopic (exact) mass is 295 g/mol. The Balaban J connectivity index is 2.17. The summed E-state index contributed by atoms with van der Waals surface area (Å²) >= 11 is 0. The highest BCUT2D eigenvalue weighted by molar-refractivity contribution is 7.79. The minimum Gasteiger partial charge on any atom is -0.368 e. The van der Waals surface area contributed by atoms with E-state index in [1.165, 1.54) is 0 Å². The Kier molecular flexibility index (Phi) is 3.75. The zero-order chi connectivity index (χ0) is 14.7. The molecular weight excluding hydrogens is 281 g/mol. The average Bonchev–Trinajstić information content (AvgIpc) is 2.49. The summed E-state index contributed by atoms with van der Waals surface area (Å²) in [4.78, 5) is 12.4. The summed E-state index contributed by atoms with van der Waals surface area (Å²) in [6, 6.07) is 20.2. The lowest BCUT2D eigenvalue weighted by molar-refractivity contribution is 1.12. The summed E-state index contributed by atoms with van der Waals surface area (Å²) in [5.74, 6) is 0.300. The first-order valence-electron chi connectivity index (χ1n) is 6.41. The van der Waals surface area contributed by atoms with Crippen LogP contribution in [0.1, 0.15) is 0 Å². The van der Waals surface area contributed by atoms with Gasteiger partial charge in [0.15, 0.2) is 5.57 Å². The van der Waals surface area contributed by atoms with Crippen LogP contribution < -0.4 is 27.6 Å². The van der Waals surface area contributed by atoms with Gasteiger partial charge in [0.2, 0.25) is 11.9 Å². The van der Waals surface area contributed by atoms with Crippen LogP contribution in [0.2, 0.25) is 0 Å². The molecule has 4 N–H and O–H groups in total. The largest absolute Gasteiger partial charge is 0.368 e. The molecule has 21 heavy (non-hydrogen) atoms. The Morgan fingerprint density at radius 1 is 0.619 bits per heavy atom. The molecule has 3 aromatic rings. The first-order valence-corrected chi connectivity index (χ1v) is 7.75. The van der Waals surface area contributed by atoms with Crippen molar-refractivity contribution in [1.29, 1.82) is 0 Å². The fraction of sp³-hybridized carbons (Fsp3) is 0. The molecule has 104 valence electrons. The van der Waals surface area contributed by atoms with Crippen molar-refractivity contribution in [3.8, 4) is 0 Å². The van der Waals surface area contributed by atoms with Crippen molar-refractivity contribution in [2.24, 2.45) is 0 Å². The predicted octanol–water partition coefficient (Wildman–Crippen LogP) is 0.794. The van der Waals surface area contributed by atoms with Gasteiger partial charge < -0.3 is 11.5 Å². The number of rotatable bonds is 3. The smallest absolute Gasteiger partial charge is 0.225 e. The molecule has 3 rings (SSSR count). The normalized spacial score (nSPS) is 10.7. The SMILES string of the molecule is Nc1nc(N)nc(P(c2ccccc2)c2ccccc2)n1. The molecule has 0 aliphatic carbocycles. The molecule has 1 aromatic heterocycles. The first-order chi connectivity index (χ1) is 10.2. The molecule has 0 saturated heterocycles. The van der Waals surface area contributed by atoms with E-state index in [0.29, 0.717) is 5.57 Å². The van der Waals surface area contributed by atoms with E-state index in [2.05, 4.69) is 39.2 Å². The molecule has 2 aromatic carbocycles. The van der Waals surface area contributed by atoms with Crippen molar-refractivity contribution in [3.63, 3.8) is 0 Å². The van der Waals surface area contributed by atoms with E-state index in [1.807, 2.05) is 36.4 Å². The number of nitrogens with two attached hydrogens (primary N) is 2. The van der Waals surface area contributed by atoms with Crippen LogP contribution >= 0.6 is 7.92 Å². The van der Waals surface area contributed by atoms with Gasteiger partial charge in [0.05, 0.1) is 0 Å². The first kappa shape index (κ1) is 13.5. The second-order valence-corrected chi connectivity index (χ2v) is 6.46. The second kappa shape index (κ2) is 5.85. The average molecular weight is 295 g/mol. The van der Waals surface area contributed by atoms with Crippen molar-refractivity contribution in [3.05, 3.63) is 60.7 Å². The van der Waals surface area contributed by atoms with Gasteiger partial charge in [0.25, 0.3) is 0 Å². The zero-order valence-corrected chi connectivity index (χ0v) is 12.1. The third-order valence-electron chi connectivity index (χ3n) is 2.89. The molecule has 0 fully saturated rings. The van der Waals surface area contributed by atoms with Crippen molar-refractivity contribution < 1.29 is 0 Å². The summed E-state index contributed by atoms with van der Waals surface area (Å²) in [6.45, 7) is 0. The molecule has 0 atom stereocenters. The van der Waals surface area contributed by atoms with E-state index < -0.39 is 7.92 Å². The van der Waals surface area contributed by atoms with Gasteiger partial charge in [-0.15, -0.1) is 0 Å². The van der Waals surface area contributed by atoms with Crippen LogP contribution in [0.25, 0.3) is 0 Å². The third-order valence-corrected chi connectivity index (χ3v) is 5.12. The van der Waals surface area contributed by atoms with Crippen LogP contribution in [-0.4, -0.2) is 15.0 Å². The molecule has 0 unspecified atom stereocenters. The van der Waals surface area contributed by atoms with Crippen LogP contribution in [-0.2, 0) is 0 Å². The van der Waals surface area contributed by atoms with Crippen molar-refractivity contribution in [1.82, 2.24) is 15.0 Å². The lowest BCUT2D eigenvalue weighted by Gasteiger charge is -2.17. The number of benzene rings is 2. The Morgan fingerprint density at radius 2 is 1.05 bits per heavy atom. The van der Waals surface area contributed by atoms with Crippen molar-refractivity contribution >= 4 is 36.0 Å². The van der Waals surface area contributed by atoms with Crippen LogP contribution in [0.4, 0.5) is 11.9 Å². The van der Waals surface area contributed by atoms with E-state index in [-0.39, 0.29) is 11.9 Å². The summed E-state index contributed by atoms with van der Waals surface area (Å²) in [6.07, 6.45) is 0. The van der Waals surface area contributed by atoms with Crippen molar-refractivity contribution in [2.75, 3.05) is 11.5 Å². The second-order valence-electron chi connectivity index (χ2n) is 4.36. The highest BCUT2D eigenvalue weighted by Crippen LogP contribution is 2.30. The number of nitrogen functional groups attached to an aromatic ring is 2. The van der Waals surface area contributed by atoms with Crippen LogP contribution in [0.5, 0.6) is 0 Å². The molecule has 0 aliphatic rings. The fourth-order valence-electron chi connectivity index (χ4n) is 2.03. The van der Waals surface area contributed by atoms with Gasteiger partial charge in [-0.2, -0.15) is 15.0 Å². The van der Waals surface area contributed by atoms with Gasteiger partial charge >= 0.3 is 0 Å². The van der Waals surface area contributed by atoms with E-state index in [4.69, 9.17) is 11.5 Å². The summed E-state index contributed by atoms with van der Waals surface area (Å²) in [7, 11) is -0.901. The maximum Gasteiger partial charge on any atom is 0.225 e. The van der Waals surface area contributed by atoms with Gasteiger partial charge in [0.1, 0.15) is 0 Å². The number of hydrogen-bond donors (Lipinski definition) is 2.